The first-order valence-electron chi connectivity index (χ1n) is 12.9. The highest BCUT2D eigenvalue weighted by molar-refractivity contribution is 5.98. The monoisotopic (exact) mass is 531 g/mol. The molecule has 39 heavy (non-hydrogen) atoms. The molecule has 0 bridgehead atoms. The van der Waals surface area contributed by atoms with E-state index in [1.807, 2.05) is 49.4 Å². The molecule has 4 rings (SSSR count). The summed E-state index contributed by atoms with van der Waals surface area (Å²) >= 11 is 0. The zero-order chi connectivity index (χ0) is 27.6. The van der Waals surface area contributed by atoms with E-state index in [-0.39, 0.29) is 31.1 Å². The van der Waals surface area contributed by atoms with Crippen LogP contribution in [0.5, 0.6) is 11.5 Å². The van der Waals surface area contributed by atoms with Crippen molar-refractivity contribution in [2.75, 3.05) is 31.9 Å². The van der Waals surface area contributed by atoms with Crippen LogP contribution in [0.15, 0.2) is 72.8 Å². The maximum Gasteiger partial charge on any atom is 0.255 e. The predicted molar refractivity (Wildman–Crippen MR) is 146 cm³/mol. The van der Waals surface area contributed by atoms with Crippen LogP contribution < -0.4 is 20.1 Å². The molecule has 1 aliphatic rings. The second-order valence-corrected chi connectivity index (χ2v) is 9.03. The van der Waals surface area contributed by atoms with E-state index < -0.39 is 6.04 Å². The summed E-state index contributed by atoms with van der Waals surface area (Å²) in [4.78, 5) is 40.7. The van der Waals surface area contributed by atoms with E-state index in [9.17, 15) is 14.4 Å². The lowest BCUT2D eigenvalue weighted by Crippen LogP contribution is -2.43. The van der Waals surface area contributed by atoms with Gasteiger partial charge in [-0.05, 0) is 60.9 Å². The number of nitrogens with zero attached hydrogens (tertiary/aromatic N) is 1. The van der Waals surface area contributed by atoms with Crippen LogP contribution in [-0.2, 0) is 20.9 Å². The van der Waals surface area contributed by atoms with Crippen LogP contribution in [0.4, 0.5) is 5.69 Å². The van der Waals surface area contributed by atoms with Gasteiger partial charge in [0.2, 0.25) is 18.6 Å². The molecule has 0 unspecified atom stereocenters. The molecule has 3 amide bonds. The van der Waals surface area contributed by atoms with Crippen molar-refractivity contribution in [3.63, 3.8) is 0 Å². The number of nitrogens with one attached hydrogen (secondary N) is 2. The van der Waals surface area contributed by atoms with Crippen molar-refractivity contribution in [1.29, 1.82) is 0 Å². The zero-order valence-electron chi connectivity index (χ0n) is 22.1. The number of amides is 3. The molecule has 3 aromatic carbocycles. The number of fused-ring (bicyclic) bond motifs is 1. The zero-order valence-corrected chi connectivity index (χ0v) is 22.1. The molecule has 0 saturated carbocycles. The minimum absolute atomic E-state index is 0.138. The van der Waals surface area contributed by atoms with Gasteiger partial charge in [0.25, 0.3) is 5.91 Å². The van der Waals surface area contributed by atoms with Crippen molar-refractivity contribution in [3.05, 3.63) is 89.5 Å². The van der Waals surface area contributed by atoms with Gasteiger partial charge in [-0.25, -0.2) is 0 Å². The Labute approximate surface area is 228 Å². The number of hydrogen-bond donors (Lipinski definition) is 2. The lowest BCUT2D eigenvalue weighted by molar-refractivity contribution is -0.126. The third-order valence-corrected chi connectivity index (χ3v) is 6.15. The second kappa shape index (κ2) is 13.4. The number of carbonyl (C=O) groups excluding carboxylic acids is 3. The standard InChI is InChI=1S/C30H33N3O6/c1-3-37-17-7-16-31-29(35)28(23-8-5-4-6-9-23)33(19-22-10-15-26-27(18-22)39-20-38-26)30(36)24-11-13-25(14-12-24)32-21(2)34/h4-6,8-15,18,28H,3,7,16-17,19-20H2,1-2H3,(H,31,35)(H,32,34)/t28-/m0/s1. The lowest BCUT2D eigenvalue weighted by Gasteiger charge is -2.32. The fourth-order valence-corrected chi connectivity index (χ4v) is 4.32. The van der Waals surface area contributed by atoms with Crippen molar-refractivity contribution >= 4 is 23.4 Å². The Bertz CT molecular complexity index is 1280. The number of hydrogen-bond acceptors (Lipinski definition) is 6. The first-order chi connectivity index (χ1) is 19.0. The highest BCUT2D eigenvalue weighted by Gasteiger charge is 2.32. The third-order valence-electron chi connectivity index (χ3n) is 6.15. The highest BCUT2D eigenvalue weighted by atomic mass is 16.7. The van der Waals surface area contributed by atoms with Crippen molar-refractivity contribution in [1.82, 2.24) is 10.2 Å². The summed E-state index contributed by atoms with van der Waals surface area (Å²) in [6, 6.07) is 20.4. The molecule has 9 heteroatoms. The van der Waals surface area contributed by atoms with Gasteiger partial charge in [0.1, 0.15) is 6.04 Å². The maximum absolute atomic E-state index is 14.0. The Hall–Kier alpha value is -4.37. The van der Waals surface area contributed by atoms with Crippen LogP contribution in [0, 0.1) is 0 Å². The average Bonchev–Trinajstić information content (AvgIpc) is 3.41. The Morgan fingerprint density at radius 3 is 2.44 bits per heavy atom. The second-order valence-electron chi connectivity index (χ2n) is 9.03. The molecular weight excluding hydrogens is 498 g/mol. The first-order valence-corrected chi connectivity index (χ1v) is 12.9. The molecule has 204 valence electrons. The van der Waals surface area contributed by atoms with Gasteiger partial charge in [-0.15, -0.1) is 0 Å². The Kier molecular flexibility index (Phi) is 9.53. The summed E-state index contributed by atoms with van der Waals surface area (Å²) in [6.07, 6.45) is 0.655. The van der Waals surface area contributed by atoms with Crippen LogP contribution in [0.1, 0.15) is 47.8 Å². The molecule has 9 nitrogen and oxygen atoms in total. The van der Waals surface area contributed by atoms with E-state index in [0.29, 0.717) is 54.5 Å². The molecule has 3 aromatic rings. The van der Waals surface area contributed by atoms with Gasteiger partial charge in [0.15, 0.2) is 11.5 Å². The fourth-order valence-electron chi connectivity index (χ4n) is 4.32. The van der Waals surface area contributed by atoms with Gasteiger partial charge < -0.3 is 29.7 Å². The fraction of sp³-hybridized carbons (Fsp3) is 0.300. The van der Waals surface area contributed by atoms with Crippen molar-refractivity contribution in [2.45, 2.75) is 32.9 Å². The number of rotatable bonds is 12. The van der Waals surface area contributed by atoms with E-state index in [2.05, 4.69) is 10.6 Å². The molecule has 0 radical (unpaired) electrons. The summed E-state index contributed by atoms with van der Waals surface area (Å²) in [7, 11) is 0. The van der Waals surface area contributed by atoms with E-state index in [4.69, 9.17) is 14.2 Å². The molecule has 2 N–H and O–H groups in total. The molecule has 0 saturated heterocycles. The quantitative estimate of drug-likeness (QED) is 0.338. The molecule has 0 spiro atoms. The van der Waals surface area contributed by atoms with E-state index in [0.717, 1.165) is 5.56 Å². The summed E-state index contributed by atoms with van der Waals surface area (Å²) in [5, 5.41) is 5.68. The minimum Gasteiger partial charge on any atom is -0.454 e. The van der Waals surface area contributed by atoms with Crippen LogP contribution in [-0.4, -0.2) is 49.2 Å². The van der Waals surface area contributed by atoms with Gasteiger partial charge in [-0.3, -0.25) is 14.4 Å². The third kappa shape index (κ3) is 7.36. The van der Waals surface area contributed by atoms with Crippen LogP contribution >= 0.6 is 0 Å². The van der Waals surface area contributed by atoms with Crippen LogP contribution in [0.2, 0.25) is 0 Å². The van der Waals surface area contributed by atoms with Crippen molar-refractivity contribution < 1.29 is 28.6 Å². The molecule has 1 heterocycles. The van der Waals surface area contributed by atoms with E-state index >= 15 is 0 Å². The smallest absolute Gasteiger partial charge is 0.255 e. The summed E-state index contributed by atoms with van der Waals surface area (Å²) in [6.45, 7) is 5.19. The number of benzene rings is 3. The molecule has 0 aromatic heterocycles. The van der Waals surface area contributed by atoms with Gasteiger partial charge in [-0.1, -0.05) is 36.4 Å². The van der Waals surface area contributed by atoms with Gasteiger partial charge >= 0.3 is 0 Å². The van der Waals surface area contributed by atoms with E-state index in [1.165, 1.54) is 6.92 Å². The van der Waals surface area contributed by atoms with Crippen LogP contribution in [0.3, 0.4) is 0 Å². The Balaban J connectivity index is 1.67. The largest absolute Gasteiger partial charge is 0.454 e. The first kappa shape index (κ1) is 27.7. The molecule has 1 aliphatic heterocycles. The number of ether oxygens (including phenoxy) is 3. The van der Waals surface area contributed by atoms with Crippen molar-refractivity contribution in [2.24, 2.45) is 0 Å². The summed E-state index contributed by atoms with van der Waals surface area (Å²) in [5.41, 5.74) is 2.43. The number of carbonyl (C=O) groups is 3. The summed E-state index contributed by atoms with van der Waals surface area (Å²) < 4.78 is 16.4. The van der Waals surface area contributed by atoms with Gasteiger partial charge in [0, 0.05) is 44.5 Å². The van der Waals surface area contributed by atoms with Crippen LogP contribution in [0.25, 0.3) is 0 Å². The average molecular weight is 532 g/mol. The normalized spacial score (nSPS) is 12.5. The molecule has 0 aliphatic carbocycles. The highest BCUT2D eigenvalue weighted by Crippen LogP contribution is 2.34. The summed E-state index contributed by atoms with van der Waals surface area (Å²) in [5.74, 6) is 0.402. The molecule has 1 atom stereocenters. The predicted octanol–water partition coefficient (Wildman–Crippen LogP) is 4.30. The Morgan fingerprint density at radius 1 is 0.974 bits per heavy atom. The SMILES string of the molecule is CCOCCCNC(=O)[C@H](c1ccccc1)N(Cc1ccc2c(c1)OCO2)C(=O)c1ccc(NC(C)=O)cc1. The number of anilines is 1. The van der Waals surface area contributed by atoms with Crippen molar-refractivity contribution in [3.8, 4) is 11.5 Å². The minimum atomic E-state index is -0.897. The van der Waals surface area contributed by atoms with Gasteiger partial charge in [-0.2, -0.15) is 0 Å². The lowest BCUT2D eigenvalue weighted by atomic mass is 10.0. The molecular formula is C30H33N3O6. The van der Waals surface area contributed by atoms with Gasteiger partial charge in [0.05, 0.1) is 0 Å². The van der Waals surface area contributed by atoms with E-state index in [1.54, 1.807) is 35.2 Å². The molecule has 0 fully saturated rings. The topological polar surface area (TPSA) is 106 Å². The Morgan fingerprint density at radius 2 is 1.72 bits per heavy atom. The maximum atomic E-state index is 14.0.